The van der Waals surface area contributed by atoms with E-state index in [4.69, 9.17) is 0 Å². The van der Waals surface area contributed by atoms with Crippen molar-refractivity contribution in [2.75, 3.05) is 0 Å². The van der Waals surface area contributed by atoms with Crippen molar-refractivity contribution in [1.82, 2.24) is 0 Å². The first kappa shape index (κ1) is 14.4. The van der Waals surface area contributed by atoms with Crippen LogP contribution in [-0.2, 0) is 6.42 Å². The fourth-order valence-corrected chi connectivity index (χ4v) is 3.09. The number of benzene rings is 1. The molecule has 2 rings (SSSR count). The van der Waals surface area contributed by atoms with Gasteiger partial charge in [-0.2, -0.15) is 0 Å². The Labute approximate surface area is 113 Å². The summed E-state index contributed by atoms with van der Waals surface area (Å²) in [5, 5.41) is 0. The maximum Gasteiger partial charge on any atom is 0.194 e. The van der Waals surface area contributed by atoms with Crippen molar-refractivity contribution in [3.8, 4) is 0 Å². The van der Waals surface area contributed by atoms with Gasteiger partial charge in [0.1, 0.15) is 0 Å². The topological polar surface area (TPSA) is 0 Å². The molecule has 0 atom stereocenters. The molecule has 1 fully saturated rings. The SMILES string of the molecule is CC(C)C1CCC(Cc2ccc(F)c(F)c2F)CC1. The van der Waals surface area contributed by atoms with Crippen LogP contribution in [0.1, 0.15) is 45.1 Å². The first-order chi connectivity index (χ1) is 8.99. The van der Waals surface area contributed by atoms with Crippen LogP contribution in [0, 0.1) is 35.2 Å². The third kappa shape index (κ3) is 3.31. The zero-order valence-corrected chi connectivity index (χ0v) is 11.6. The minimum atomic E-state index is -1.34. The number of hydrogen-bond acceptors (Lipinski definition) is 0. The second kappa shape index (κ2) is 5.98. The van der Waals surface area contributed by atoms with E-state index < -0.39 is 17.5 Å². The van der Waals surface area contributed by atoms with E-state index in [1.165, 1.54) is 6.07 Å². The van der Waals surface area contributed by atoms with E-state index >= 15 is 0 Å². The minimum absolute atomic E-state index is 0.312. The van der Waals surface area contributed by atoms with Gasteiger partial charge < -0.3 is 0 Å². The minimum Gasteiger partial charge on any atom is -0.204 e. The molecule has 0 saturated heterocycles. The first-order valence-corrected chi connectivity index (χ1v) is 7.11. The van der Waals surface area contributed by atoms with Gasteiger partial charge in [-0.3, -0.25) is 0 Å². The van der Waals surface area contributed by atoms with E-state index in [2.05, 4.69) is 13.8 Å². The van der Waals surface area contributed by atoms with Crippen molar-refractivity contribution >= 4 is 0 Å². The summed E-state index contributed by atoms with van der Waals surface area (Å²) < 4.78 is 39.6. The zero-order valence-electron chi connectivity index (χ0n) is 11.6. The fourth-order valence-electron chi connectivity index (χ4n) is 3.09. The molecule has 0 aliphatic heterocycles. The Balaban J connectivity index is 1.98. The highest BCUT2D eigenvalue weighted by Gasteiger charge is 2.24. The van der Waals surface area contributed by atoms with E-state index in [0.717, 1.165) is 37.7 Å². The molecule has 0 spiro atoms. The standard InChI is InChI=1S/C16H21F3/c1-10(2)12-5-3-11(4-6-12)9-13-7-8-14(17)16(19)15(13)18/h7-8,10-12H,3-6,9H2,1-2H3. The maximum absolute atomic E-state index is 13.6. The molecule has 0 radical (unpaired) electrons. The van der Waals surface area contributed by atoms with Crippen molar-refractivity contribution in [2.45, 2.75) is 46.0 Å². The maximum atomic E-state index is 13.6. The Morgan fingerprint density at radius 2 is 1.63 bits per heavy atom. The molecule has 0 heterocycles. The van der Waals surface area contributed by atoms with Crippen molar-refractivity contribution < 1.29 is 13.2 Å². The van der Waals surface area contributed by atoms with Crippen molar-refractivity contribution in [3.05, 3.63) is 35.1 Å². The lowest BCUT2D eigenvalue weighted by atomic mass is 9.75. The molecule has 3 heteroatoms. The Bertz CT molecular complexity index is 432. The van der Waals surface area contributed by atoms with Gasteiger partial charge in [0, 0.05) is 0 Å². The lowest BCUT2D eigenvalue weighted by Gasteiger charge is -2.31. The Morgan fingerprint density at radius 3 is 2.21 bits per heavy atom. The van der Waals surface area contributed by atoms with Gasteiger partial charge in [-0.05, 0) is 61.5 Å². The molecule has 1 aliphatic rings. The molecule has 0 unspecified atom stereocenters. The highest BCUT2D eigenvalue weighted by atomic mass is 19.2. The third-order valence-electron chi connectivity index (χ3n) is 4.46. The smallest absolute Gasteiger partial charge is 0.194 e. The van der Waals surface area contributed by atoms with Crippen LogP contribution < -0.4 is 0 Å². The average Bonchev–Trinajstić information content (AvgIpc) is 2.40. The van der Waals surface area contributed by atoms with Crippen LogP contribution >= 0.6 is 0 Å². The molecule has 0 nitrogen and oxygen atoms in total. The summed E-state index contributed by atoms with van der Waals surface area (Å²) >= 11 is 0. The van der Waals surface area contributed by atoms with Crippen LogP contribution in [0.15, 0.2) is 12.1 Å². The van der Waals surface area contributed by atoms with E-state index in [0.29, 0.717) is 23.8 Å². The molecule has 19 heavy (non-hydrogen) atoms. The number of rotatable bonds is 3. The molecule has 1 saturated carbocycles. The van der Waals surface area contributed by atoms with Gasteiger partial charge in [-0.25, -0.2) is 13.2 Å². The highest BCUT2D eigenvalue weighted by Crippen LogP contribution is 2.35. The molecule has 1 aromatic carbocycles. The molecule has 0 N–H and O–H groups in total. The van der Waals surface area contributed by atoms with Crippen LogP contribution in [-0.4, -0.2) is 0 Å². The van der Waals surface area contributed by atoms with E-state index in [-0.39, 0.29) is 0 Å². The lowest BCUT2D eigenvalue weighted by Crippen LogP contribution is -2.20. The zero-order chi connectivity index (χ0) is 14.0. The Morgan fingerprint density at radius 1 is 1.00 bits per heavy atom. The molecule has 0 amide bonds. The van der Waals surface area contributed by atoms with Crippen molar-refractivity contribution in [1.29, 1.82) is 0 Å². The molecule has 0 bridgehead atoms. The first-order valence-electron chi connectivity index (χ1n) is 7.11. The predicted molar refractivity (Wildman–Crippen MR) is 70.3 cm³/mol. The van der Waals surface area contributed by atoms with Crippen molar-refractivity contribution in [3.63, 3.8) is 0 Å². The normalized spacial score (nSPS) is 23.9. The van der Waals surface area contributed by atoms with Gasteiger partial charge >= 0.3 is 0 Å². The van der Waals surface area contributed by atoms with Crippen LogP contribution in [0.3, 0.4) is 0 Å². The van der Waals surface area contributed by atoms with Crippen LogP contribution in [0.4, 0.5) is 13.2 Å². The van der Waals surface area contributed by atoms with Gasteiger partial charge in [-0.1, -0.05) is 19.9 Å². The summed E-state index contributed by atoms with van der Waals surface area (Å²) in [7, 11) is 0. The number of halogens is 3. The van der Waals surface area contributed by atoms with Gasteiger partial charge in [0.25, 0.3) is 0 Å². The van der Waals surface area contributed by atoms with E-state index in [9.17, 15) is 13.2 Å². The molecule has 0 aromatic heterocycles. The van der Waals surface area contributed by atoms with Gasteiger partial charge in [-0.15, -0.1) is 0 Å². The predicted octanol–water partition coefficient (Wildman–Crippen LogP) is 5.11. The molecule has 1 aliphatic carbocycles. The van der Waals surface area contributed by atoms with E-state index in [1.807, 2.05) is 0 Å². The van der Waals surface area contributed by atoms with Crippen LogP contribution in [0.5, 0.6) is 0 Å². The lowest BCUT2D eigenvalue weighted by molar-refractivity contribution is 0.222. The average molecular weight is 270 g/mol. The summed E-state index contributed by atoms with van der Waals surface area (Å²) in [5.41, 5.74) is 0.312. The summed E-state index contributed by atoms with van der Waals surface area (Å²) in [5.74, 6) is -1.61. The molecule has 106 valence electrons. The molecular weight excluding hydrogens is 249 g/mol. The number of hydrogen-bond donors (Lipinski definition) is 0. The quantitative estimate of drug-likeness (QED) is 0.670. The molecular formula is C16H21F3. The monoisotopic (exact) mass is 270 g/mol. The van der Waals surface area contributed by atoms with Gasteiger partial charge in [0.05, 0.1) is 0 Å². The summed E-state index contributed by atoms with van der Waals surface area (Å²) in [4.78, 5) is 0. The largest absolute Gasteiger partial charge is 0.204 e. The molecule has 1 aromatic rings. The third-order valence-corrected chi connectivity index (χ3v) is 4.46. The van der Waals surface area contributed by atoms with Crippen LogP contribution in [0.2, 0.25) is 0 Å². The Hall–Kier alpha value is -0.990. The van der Waals surface area contributed by atoms with Crippen LogP contribution in [0.25, 0.3) is 0 Å². The fraction of sp³-hybridized carbons (Fsp3) is 0.625. The highest BCUT2D eigenvalue weighted by molar-refractivity contribution is 5.20. The second-order valence-electron chi connectivity index (χ2n) is 6.06. The Kier molecular flexibility index (Phi) is 4.54. The second-order valence-corrected chi connectivity index (χ2v) is 6.06. The summed E-state index contributed by atoms with van der Waals surface area (Å²) in [6.07, 6.45) is 4.96. The van der Waals surface area contributed by atoms with Crippen molar-refractivity contribution in [2.24, 2.45) is 17.8 Å². The van der Waals surface area contributed by atoms with Gasteiger partial charge in [0.15, 0.2) is 17.5 Å². The van der Waals surface area contributed by atoms with Gasteiger partial charge in [0.2, 0.25) is 0 Å². The summed E-state index contributed by atoms with van der Waals surface area (Å²) in [6.45, 7) is 4.47. The van der Waals surface area contributed by atoms with E-state index in [1.54, 1.807) is 0 Å². The summed E-state index contributed by atoms with van der Waals surface area (Å²) in [6, 6.07) is 2.40.